The summed E-state index contributed by atoms with van der Waals surface area (Å²) in [4.78, 5) is 30.4. The van der Waals surface area contributed by atoms with Crippen LogP contribution < -0.4 is 5.32 Å². The van der Waals surface area contributed by atoms with Crippen LogP contribution in [0.25, 0.3) is 0 Å². The maximum Gasteiger partial charge on any atom is 0.237 e. The van der Waals surface area contributed by atoms with E-state index in [9.17, 15) is 9.59 Å². The third-order valence-electron chi connectivity index (χ3n) is 7.94. The summed E-state index contributed by atoms with van der Waals surface area (Å²) in [7, 11) is 0. The molecule has 1 aromatic rings. The van der Waals surface area contributed by atoms with Gasteiger partial charge in [-0.1, -0.05) is 62.4 Å². The number of hydrogen-bond acceptors (Lipinski definition) is 3. The van der Waals surface area contributed by atoms with Crippen molar-refractivity contribution in [2.24, 2.45) is 11.8 Å². The second-order valence-corrected chi connectivity index (χ2v) is 10.1. The van der Waals surface area contributed by atoms with E-state index in [2.05, 4.69) is 22.3 Å². The second kappa shape index (κ2) is 11.8. The maximum atomic E-state index is 13.3. The first-order valence-electron chi connectivity index (χ1n) is 13.0. The molecule has 1 atom stereocenters. The van der Waals surface area contributed by atoms with Crippen LogP contribution in [-0.4, -0.2) is 60.4 Å². The van der Waals surface area contributed by atoms with Gasteiger partial charge < -0.3 is 10.2 Å². The quantitative estimate of drug-likeness (QED) is 0.666. The number of carbonyl (C=O) groups is 2. The molecular weight excluding hydrogens is 398 g/mol. The fourth-order valence-corrected chi connectivity index (χ4v) is 6.00. The number of rotatable bonds is 8. The molecule has 32 heavy (non-hydrogen) atoms. The number of nitrogens with one attached hydrogen (secondary N) is 1. The molecule has 2 amide bonds. The summed E-state index contributed by atoms with van der Waals surface area (Å²) < 4.78 is 0. The van der Waals surface area contributed by atoms with Crippen LogP contribution in [-0.2, 0) is 16.0 Å². The highest BCUT2D eigenvalue weighted by Gasteiger charge is 2.37. The molecule has 5 nitrogen and oxygen atoms in total. The minimum Gasteiger partial charge on any atom is -0.354 e. The first-order chi connectivity index (χ1) is 15.7. The lowest BCUT2D eigenvalue weighted by atomic mass is 9.89. The molecule has 1 aromatic carbocycles. The van der Waals surface area contributed by atoms with E-state index in [0.717, 1.165) is 52.0 Å². The zero-order valence-corrected chi connectivity index (χ0v) is 19.6. The lowest BCUT2D eigenvalue weighted by Gasteiger charge is -2.41. The Hall–Kier alpha value is -1.88. The van der Waals surface area contributed by atoms with E-state index in [4.69, 9.17) is 0 Å². The van der Waals surface area contributed by atoms with E-state index < -0.39 is 0 Å². The first kappa shape index (κ1) is 23.3. The molecule has 0 aromatic heterocycles. The molecule has 2 aliphatic carbocycles. The summed E-state index contributed by atoms with van der Waals surface area (Å²) in [5.74, 6) is 1.62. The Bertz CT molecular complexity index is 718. The van der Waals surface area contributed by atoms with E-state index in [-0.39, 0.29) is 17.9 Å². The van der Waals surface area contributed by atoms with E-state index in [1.165, 1.54) is 50.5 Å². The first-order valence-corrected chi connectivity index (χ1v) is 13.0. The molecule has 1 N–H and O–H groups in total. The Labute approximate surface area is 193 Å². The molecule has 0 radical (unpaired) electrons. The highest BCUT2D eigenvalue weighted by molar-refractivity contribution is 5.82. The van der Waals surface area contributed by atoms with Crippen LogP contribution in [0, 0.1) is 11.8 Å². The van der Waals surface area contributed by atoms with Crippen molar-refractivity contribution in [2.75, 3.05) is 32.7 Å². The van der Waals surface area contributed by atoms with Gasteiger partial charge in [-0.05, 0) is 49.5 Å². The van der Waals surface area contributed by atoms with Crippen molar-refractivity contribution in [3.8, 4) is 0 Å². The third kappa shape index (κ3) is 6.34. The van der Waals surface area contributed by atoms with Crippen LogP contribution >= 0.6 is 0 Å². The average Bonchev–Trinajstić information content (AvgIpc) is 3.37. The van der Waals surface area contributed by atoms with Crippen LogP contribution in [0.2, 0.25) is 0 Å². The molecule has 0 spiro atoms. The molecule has 3 aliphatic rings. The number of carbonyl (C=O) groups excluding carboxylic acids is 2. The predicted molar refractivity (Wildman–Crippen MR) is 128 cm³/mol. The Morgan fingerprint density at radius 1 is 0.875 bits per heavy atom. The Morgan fingerprint density at radius 2 is 1.53 bits per heavy atom. The van der Waals surface area contributed by atoms with Crippen molar-refractivity contribution in [3.63, 3.8) is 0 Å². The van der Waals surface area contributed by atoms with Gasteiger partial charge in [0.15, 0.2) is 0 Å². The third-order valence-corrected chi connectivity index (χ3v) is 7.94. The lowest BCUT2D eigenvalue weighted by Crippen LogP contribution is -2.58. The molecule has 1 heterocycles. The Balaban J connectivity index is 1.28. The number of aryl methyl sites for hydroxylation is 1. The minimum absolute atomic E-state index is 0.0114. The summed E-state index contributed by atoms with van der Waals surface area (Å²) in [6.07, 6.45) is 12.7. The number of nitrogens with zero attached hydrogens (tertiary/aromatic N) is 2. The van der Waals surface area contributed by atoms with Gasteiger partial charge in [-0.15, -0.1) is 0 Å². The number of amides is 2. The van der Waals surface area contributed by atoms with Crippen LogP contribution in [0.1, 0.15) is 69.8 Å². The van der Waals surface area contributed by atoms with Gasteiger partial charge in [0.25, 0.3) is 0 Å². The summed E-state index contributed by atoms with van der Waals surface area (Å²) in [5, 5.41) is 3.34. The van der Waals surface area contributed by atoms with Crippen LogP contribution in [0.5, 0.6) is 0 Å². The van der Waals surface area contributed by atoms with Gasteiger partial charge in [-0.3, -0.25) is 14.5 Å². The fourth-order valence-electron chi connectivity index (χ4n) is 6.00. The molecule has 1 unspecified atom stereocenters. The standard InChI is InChI=1S/C27H41N3O2/c31-25(16-15-22-9-3-1-4-10-22)29-17-19-30(20-18-29)26(24-13-7-8-14-24)27(32)28-21-23-11-5-2-6-12-23/h1,3-4,9-10,23-24,26H,2,5-8,11-21H2,(H,28,32). The van der Waals surface area contributed by atoms with Gasteiger partial charge in [0.1, 0.15) is 0 Å². The van der Waals surface area contributed by atoms with Crippen molar-refractivity contribution in [1.29, 1.82) is 0 Å². The smallest absolute Gasteiger partial charge is 0.237 e. The van der Waals surface area contributed by atoms with Crippen LogP contribution in [0.15, 0.2) is 30.3 Å². The monoisotopic (exact) mass is 439 g/mol. The van der Waals surface area contributed by atoms with E-state index >= 15 is 0 Å². The van der Waals surface area contributed by atoms with Gasteiger partial charge >= 0.3 is 0 Å². The fraction of sp³-hybridized carbons (Fsp3) is 0.704. The normalized spacial score (nSPS) is 22.1. The number of hydrogen-bond donors (Lipinski definition) is 1. The maximum absolute atomic E-state index is 13.3. The van der Waals surface area contributed by atoms with Gasteiger partial charge in [-0.2, -0.15) is 0 Å². The Morgan fingerprint density at radius 3 is 2.22 bits per heavy atom. The highest BCUT2D eigenvalue weighted by Crippen LogP contribution is 2.31. The van der Waals surface area contributed by atoms with E-state index in [1.807, 2.05) is 23.1 Å². The van der Waals surface area contributed by atoms with Gasteiger partial charge in [0.05, 0.1) is 6.04 Å². The van der Waals surface area contributed by atoms with Gasteiger partial charge in [0, 0.05) is 39.1 Å². The summed E-state index contributed by atoms with van der Waals surface area (Å²) >= 11 is 0. The van der Waals surface area contributed by atoms with E-state index in [0.29, 0.717) is 18.3 Å². The largest absolute Gasteiger partial charge is 0.354 e. The molecule has 3 fully saturated rings. The van der Waals surface area contributed by atoms with Crippen molar-refractivity contribution < 1.29 is 9.59 Å². The SMILES string of the molecule is O=C(NCC1CCCCC1)C(C1CCCC1)N1CCN(C(=O)CCc2ccccc2)CC1. The molecule has 5 heteroatoms. The molecule has 1 saturated heterocycles. The second-order valence-electron chi connectivity index (χ2n) is 10.1. The van der Waals surface area contributed by atoms with Crippen molar-refractivity contribution in [1.82, 2.24) is 15.1 Å². The van der Waals surface area contributed by atoms with Crippen LogP contribution in [0.4, 0.5) is 0 Å². The van der Waals surface area contributed by atoms with Crippen molar-refractivity contribution in [3.05, 3.63) is 35.9 Å². The summed E-state index contributed by atoms with van der Waals surface area (Å²) in [6, 6.07) is 10.2. The molecule has 1 aliphatic heterocycles. The molecule has 0 bridgehead atoms. The predicted octanol–water partition coefficient (Wildman–Crippen LogP) is 4.02. The van der Waals surface area contributed by atoms with E-state index in [1.54, 1.807) is 0 Å². The number of benzene rings is 1. The lowest BCUT2D eigenvalue weighted by molar-refractivity contribution is -0.135. The summed E-state index contributed by atoms with van der Waals surface area (Å²) in [6.45, 7) is 3.96. The zero-order valence-electron chi connectivity index (χ0n) is 19.6. The van der Waals surface area contributed by atoms with Crippen molar-refractivity contribution in [2.45, 2.75) is 76.7 Å². The average molecular weight is 440 g/mol. The van der Waals surface area contributed by atoms with Crippen molar-refractivity contribution >= 4 is 11.8 Å². The summed E-state index contributed by atoms with van der Waals surface area (Å²) in [5.41, 5.74) is 1.22. The van der Waals surface area contributed by atoms with Gasteiger partial charge in [0.2, 0.25) is 11.8 Å². The Kier molecular flexibility index (Phi) is 8.61. The highest BCUT2D eigenvalue weighted by atomic mass is 16.2. The minimum atomic E-state index is -0.0114. The van der Waals surface area contributed by atoms with Gasteiger partial charge in [-0.25, -0.2) is 0 Å². The van der Waals surface area contributed by atoms with Crippen LogP contribution in [0.3, 0.4) is 0 Å². The zero-order chi connectivity index (χ0) is 22.2. The topological polar surface area (TPSA) is 52.7 Å². The molecule has 2 saturated carbocycles. The molecule has 4 rings (SSSR count). The molecular formula is C27H41N3O2. The molecule has 176 valence electrons. The number of piperazine rings is 1.